The van der Waals surface area contributed by atoms with E-state index in [9.17, 15) is 27.6 Å². The van der Waals surface area contributed by atoms with E-state index < -0.39 is 17.7 Å². The molecule has 150 valence electrons. The molecule has 0 aliphatic carbocycles. The number of hydrogen-bond acceptors (Lipinski definition) is 4. The van der Waals surface area contributed by atoms with Crippen molar-refractivity contribution >= 4 is 22.8 Å². The Hall–Kier alpha value is -2.84. The summed E-state index contributed by atoms with van der Waals surface area (Å²) in [5.74, 6) is -2.20. The van der Waals surface area contributed by atoms with Gasteiger partial charge >= 0.3 is 17.7 Å². The molecule has 0 atom stereocenters. The van der Waals surface area contributed by atoms with E-state index >= 15 is 0 Å². The van der Waals surface area contributed by atoms with E-state index in [1.54, 1.807) is 12.1 Å². The van der Waals surface area contributed by atoms with Crippen molar-refractivity contribution < 1.29 is 27.2 Å². The normalized spacial score (nSPS) is 15.6. The molecule has 1 aliphatic rings. The predicted octanol–water partition coefficient (Wildman–Crippen LogP) is 2.27. The Morgan fingerprint density at radius 3 is 2.46 bits per heavy atom. The van der Waals surface area contributed by atoms with Gasteiger partial charge < -0.3 is 14.2 Å². The van der Waals surface area contributed by atoms with Crippen molar-refractivity contribution in [3.05, 3.63) is 45.8 Å². The van der Waals surface area contributed by atoms with Gasteiger partial charge in [-0.05, 0) is 30.5 Å². The molecule has 9 heteroatoms. The number of nitrogens with zero attached hydrogens (tertiary/aromatic N) is 2. The highest BCUT2D eigenvalue weighted by Crippen LogP contribution is 2.21. The van der Waals surface area contributed by atoms with Crippen LogP contribution in [0, 0.1) is 6.92 Å². The predicted molar refractivity (Wildman–Crippen MR) is 94.8 cm³/mol. The number of benzene rings is 1. The first-order valence-corrected chi connectivity index (χ1v) is 8.82. The zero-order chi connectivity index (χ0) is 20.5. The summed E-state index contributed by atoms with van der Waals surface area (Å²) in [6, 6.07) is 6.56. The molecule has 0 bridgehead atoms. The number of carbonyl (C=O) groups excluding carboxylic acids is 2. The number of alkyl halides is 3. The Morgan fingerprint density at radius 2 is 1.75 bits per heavy atom. The fourth-order valence-corrected chi connectivity index (χ4v) is 3.31. The van der Waals surface area contributed by atoms with Crippen LogP contribution in [-0.4, -0.2) is 54.0 Å². The van der Waals surface area contributed by atoms with Gasteiger partial charge in [0.25, 0.3) is 0 Å². The summed E-state index contributed by atoms with van der Waals surface area (Å²) in [4.78, 5) is 38.0. The summed E-state index contributed by atoms with van der Waals surface area (Å²) >= 11 is 0. The Balaban J connectivity index is 1.75. The molecule has 0 saturated carbocycles. The third-order valence-electron chi connectivity index (χ3n) is 4.71. The second kappa shape index (κ2) is 7.65. The summed E-state index contributed by atoms with van der Waals surface area (Å²) in [6.07, 6.45) is -4.74. The topological polar surface area (TPSA) is 70.8 Å². The zero-order valence-corrected chi connectivity index (χ0v) is 15.2. The first-order valence-electron chi connectivity index (χ1n) is 8.82. The van der Waals surface area contributed by atoms with Gasteiger partial charge in [0.15, 0.2) is 0 Å². The fourth-order valence-electron chi connectivity index (χ4n) is 3.31. The van der Waals surface area contributed by atoms with E-state index in [1.807, 2.05) is 13.0 Å². The van der Waals surface area contributed by atoms with Crippen LogP contribution in [0.15, 0.2) is 33.5 Å². The lowest BCUT2D eigenvalue weighted by Crippen LogP contribution is -2.43. The lowest BCUT2D eigenvalue weighted by molar-refractivity contribution is -0.185. The molecule has 1 aromatic heterocycles. The van der Waals surface area contributed by atoms with E-state index in [1.165, 1.54) is 11.0 Å². The number of carbonyl (C=O) groups is 2. The first kappa shape index (κ1) is 19.9. The van der Waals surface area contributed by atoms with Gasteiger partial charge in [-0.1, -0.05) is 12.1 Å². The highest BCUT2D eigenvalue weighted by Gasteiger charge is 2.42. The summed E-state index contributed by atoms with van der Waals surface area (Å²) in [7, 11) is 0. The summed E-state index contributed by atoms with van der Waals surface area (Å²) in [5, 5.41) is 0.641. The summed E-state index contributed by atoms with van der Waals surface area (Å²) in [5.41, 5.74) is 1.22. The number of halogens is 3. The molecule has 28 heavy (non-hydrogen) atoms. The van der Waals surface area contributed by atoms with Crippen LogP contribution in [0.1, 0.15) is 17.5 Å². The molecule has 0 radical (unpaired) electrons. The van der Waals surface area contributed by atoms with E-state index in [0.717, 1.165) is 10.5 Å². The number of hydrogen-bond donors (Lipinski definition) is 0. The lowest BCUT2D eigenvalue weighted by Gasteiger charge is -2.23. The molecule has 1 fully saturated rings. The largest absolute Gasteiger partial charge is 0.471 e. The van der Waals surface area contributed by atoms with Crippen molar-refractivity contribution in [1.82, 2.24) is 9.80 Å². The van der Waals surface area contributed by atoms with Crippen LogP contribution >= 0.6 is 0 Å². The van der Waals surface area contributed by atoms with Crippen LogP contribution in [0.5, 0.6) is 0 Å². The molecular weight excluding hydrogens is 377 g/mol. The highest BCUT2D eigenvalue weighted by atomic mass is 19.4. The molecule has 6 nitrogen and oxygen atoms in total. The molecule has 0 unspecified atom stereocenters. The summed E-state index contributed by atoms with van der Waals surface area (Å²) in [6.45, 7) is 1.88. The maximum absolute atomic E-state index is 12.7. The van der Waals surface area contributed by atoms with Crippen LogP contribution in [0.4, 0.5) is 13.2 Å². The molecule has 2 aromatic rings. The Kier molecular flexibility index (Phi) is 5.44. The van der Waals surface area contributed by atoms with Gasteiger partial charge in [0.2, 0.25) is 5.91 Å². The SMILES string of the molecule is Cc1ccc2c(CC(=O)N3CCCN(C(=O)C(F)(F)F)CC3)cc(=O)oc2c1. The van der Waals surface area contributed by atoms with Gasteiger partial charge in [0.05, 0.1) is 6.42 Å². The minimum Gasteiger partial charge on any atom is -0.423 e. The minimum absolute atomic E-state index is 0.0130. The third kappa shape index (κ3) is 4.35. The zero-order valence-electron chi connectivity index (χ0n) is 15.2. The Bertz CT molecular complexity index is 968. The number of fused-ring (bicyclic) bond motifs is 1. The fraction of sp³-hybridized carbons (Fsp3) is 0.421. The van der Waals surface area contributed by atoms with Crippen molar-refractivity contribution in [2.75, 3.05) is 26.2 Å². The number of aryl methyl sites for hydroxylation is 1. The lowest BCUT2D eigenvalue weighted by atomic mass is 10.0. The molecule has 1 saturated heterocycles. The second-order valence-electron chi connectivity index (χ2n) is 6.79. The smallest absolute Gasteiger partial charge is 0.423 e. The standard InChI is InChI=1S/C19H19F3N2O4/c1-12-3-4-14-13(11-17(26)28-15(14)9-12)10-16(25)23-5-2-6-24(8-7-23)18(27)19(20,21)22/h3-4,9,11H,2,5-8,10H2,1H3. The van der Waals surface area contributed by atoms with Gasteiger partial charge in [0, 0.05) is 37.6 Å². The monoisotopic (exact) mass is 396 g/mol. The van der Waals surface area contributed by atoms with Crippen LogP contribution < -0.4 is 5.63 Å². The molecule has 2 heterocycles. The molecule has 1 aromatic carbocycles. The van der Waals surface area contributed by atoms with Gasteiger partial charge in [-0.25, -0.2) is 4.79 Å². The second-order valence-corrected chi connectivity index (χ2v) is 6.79. The maximum atomic E-state index is 12.7. The minimum atomic E-state index is -4.92. The molecule has 0 N–H and O–H groups in total. The van der Waals surface area contributed by atoms with Gasteiger partial charge in [0.1, 0.15) is 5.58 Å². The summed E-state index contributed by atoms with van der Waals surface area (Å²) < 4.78 is 43.0. The number of rotatable bonds is 2. The molecule has 2 amide bonds. The van der Waals surface area contributed by atoms with Crippen LogP contribution in [0.3, 0.4) is 0 Å². The average molecular weight is 396 g/mol. The van der Waals surface area contributed by atoms with E-state index in [-0.39, 0.29) is 44.9 Å². The highest BCUT2D eigenvalue weighted by molar-refractivity contribution is 5.87. The molecular formula is C19H19F3N2O4. The van der Waals surface area contributed by atoms with E-state index in [0.29, 0.717) is 16.5 Å². The van der Waals surface area contributed by atoms with Crippen LogP contribution in [0.2, 0.25) is 0 Å². The van der Waals surface area contributed by atoms with Gasteiger partial charge in [-0.2, -0.15) is 13.2 Å². The number of amides is 2. The van der Waals surface area contributed by atoms with Crippen molar-refractivity contribution in [2.45, 2.75) is 25.9 Å². The Labute approximate surface area is 158 Å². The van der Waals surface area contributed by atoms with Gasteiger partial charge in [-0.15, -0.1) is 0 Å². The molecule has 3 rings (SSSR count). The molecule has 1 aliphatic heterocycles. The van der Waals surface area contributed by atoms with Crippen molar-refractivity contribution in [3.8, 4) is 0 Å². The van der Waals surface area contributed by atoms with Crippen molar-refractivity contribution in [1.29, 1.82) is 0 Å². The molecule has 0 spiro atoms. The third-order valence-corrected chi connectivity index (χ3v) is 4.71. The van der Waals surface area contributed by atoms with Crippen molar-refractivity contribution in [2.24, 2.45) is 0 Å². The quantitative estimate of drug-likeness (QED) is 0.731. The van der Waals surface area contributed by atoms with Crippen molar-refractivity contribution in [3.63, 3.8) is 0 Å². The maximum Gasteiger partial charge on any atom is 0.471 e. The van der Waals surface area contributed by atoms with Crippen LogP contribution in [0.25, 0.3) is 11.0 Å². The van der Waals surface area contributed by atoms with Crippen LogP contribution in [-0.2, 0) is 16.0 Å². The van der Waals surface area contributed by atoms with E-state index in [4.69, 9.17) is 4.42 Å². The Morgan fingerprint density at radius 1 is 1.07 bits per heavy atom. The first-order chi connectivity index (χ1) is 13.1. The average Bonchev–Trinajstić information content (AvgIpc) is 2.85. The van der Waals surface area contributed by atoms with E-state index in [2.05, 4.69) is 0 Å². The van der Waals surface area contributed by atoms with Gasteiger partial charge in [-0.3, -0.25) is 9.59 Å².